The van der Waals surface area contributed by atoms with E-state index in [0.29, 0.717) is 17.1 Å². The standard InChI is InChI=1S/C26H18FN3O/c27-20-14-12-17(13-15-20)16-23(30-26(31)19-6-2-1-3-7-19)25-28-21-10-4-8-18-9-5-11-22(29-25)24(18)21/h1-16H,(H,28,29)(H,30,31)/b23-16-. The molecule has 150 valence electrons. The SMILES string of the molecule is O=C(N/C(=C\c1ccc(F)cc1)C1=Nc2cccc3cccc(c23)N1)c1ccccc1. The Morgan fingerprint density at radius 3 is 2.39 bits per heavy atom. The van der Waals surface area contributed by atoms with Gasteiger partial charge in [-0.25, -0.2) is 9.38 Å². The zero-order valence-electron chi connectivity index (χ0n) is 16.5. The van der Waals surface area contributed by atoms with E-state index in [4.69, 9.17) is 4.99 Å². The maximum Gasteiger partial charge on any atom is 0.255 e. The number of hydrogen-bond donors (Lipinski definition) is 2. The molecule has 4 aromatic carbocycles. The van der Waals surface area contributed by atoms with E-state index in [1.165, 1.54) is 12.1 Å². The summed E-state index contributed by atoms with van der Waals surface area (Å²) in [6, 6.07) is 27.0. The summed E-state index contributed by atoms with van der Waals surface area (Å²) in [5, 5.41) is 8.42. The molecule has 0 aromatic heterocycles. The third-order valence-corrected chi connectivity index (χ3v) is 5.09. The number of aliphatic imine (C=N–C) groups is 1. The maximum atomic E-state index is 13.4. The highest BCUT2D eigenvalue weighted by molar-refractivity contribution is 6.21. The minimum Gasteiger partial charge on any atom is -0.338 e. The molecule has 0 bridgehead atoms. The molecule has 0 aliphatic carbocycles. The summed E-state index contributed by atoms with van der Waals surface area (Å²) >= 11 is 0. The van der Waals surface area contributed by atoms with Crippen molar-refractivity contribution < 1.29 is 9.18 Å². The van der Waals surface area contributed by atoms with E-state index in [-0.39, 0.29) is 11.7 Å². The molecule has 4 nitrogen and oxygen atoms in total. The van der Waals surface area contributed by atoms with Crippen LogP contribution in [0.25, 0.3) is 16.8 Å². The van der Waals surface area contributed by atoms with Crippen molar-refractivity contribution in [1.82, 2.24) is 5.32 Å². The smallest absolute Gasteiger partial charge is 0.255 e. The zero-order valence-corrected chi connectivity index (χ0v) is 16.5. The van der Waals surface area contributed by atoms with Gasteiger partial charge in [0, 0.05) is 16.6 Å². The van der Waals surface area contributed by atoms with Gasteiger partial charge in [0.05, 0.1) is 11.4 Å². The van der Waals surface area contributed by atoms with E-state index in [0.717, 1.165) is 27.7 Å². The van der Waals surface area contributed by atoms with Crippen LogP contribution in [0.1, 0.15) is 15.9 Å². The number of carbonyl (C=O) groups is 1. The molecule has 1 amide bonds. The molecule has 2 N–H and O–H groups in total. The van der Waals surface area contributed by atoms with Gasteiger partial charge in [-0.2, -0.15) is 0 Å². The zero-order chi connectivity index (χ0) is 21.2. The third kappa shape index (κ3) is 3.81. The van der Waals surface area contributed by atoms with Gasteiger partial charge in [-0.3, -0.25) is 4.79 Å². The van der Waals surface area contributed by atoms with Crippen LogP contribution < -0.4 is 10.6 Å². The van der Waals surface area contributed by atoms with E-state index in [9.17, 15) is 9.18 Å². The van der Waals surface area contributed by atoms with E-state index in [1.54, 1.807) is 30.3 Å². The maximum absolute atomic E-state index is 13.4. The quantitative estimate of drug-likeness (QED) is 0.442. The van der Waals surface area contributed by atoms with Crippen LogP contribution in [-0.4, -0.2) is 11.7 Å². The predicted octanol–water partition coefficient (Wildman–Crippen LogP) is 5.91. The van der Waals surface area contributed by atoms with Crippen LogP contribution in [-0.2, 0) is 0 Å². The number of rotatable bonds is 4. The Morgan fingerprint density at radius 2 is 1.61 bits per heavy atom. The molecule has 1 heterocycles. The molecular weight excluding hydrogens is 389 g/mol. The molecule has 1 aliphatic heterocycles. The largest absolute Gasteiger partial charge is 0.338 e. The number of amidine groups is 1. The van der Waals surface area contributed by atoms with Gasteiger partial charge in [-0.1, -0.05) is 54.6 Å². The van der Waals surface area contributed by atoms with Crippen molar-refractivity contribution in [3.63, 3.8) is 0 Å². The molecule has 1 aliphatic rings. The second-order valence-electron chi connectivity index (χ2n) is 7.20. The van der Waals surface area contributed by atoms with Crippen molar-refractivity contribution in [2.24, 2.45) is 4.99 Å². The van der Waals surface area contributed by atoms with Gasteiger partial charge >= 0.3 is 0 Å². The Kier molecular flexibility index (Phi) is 4.77. The Morgan fingerprint density at radius 1 is 0.871 bits per heavy atom. The summed E-state index contributed by atoms with van der Waals surface area (Å²) in [6.07, 6.45) is 1.78. The van der Waals surface area contributed by atoms with Crippen LogP contribution in [0.15, 0.2) is 102 Å². The Bertz CT molecular complexity index is 1340. The number of nitrogens with one attached hydrogen (secondary N) is 2. The average Bonchev–Trinajstić information content (AvgIpc) is 2.81. The van der Waals surface area contributed by atoms with E-state index >= 15 is 0 Å². The van der Waals surface area contributed by atoms with Crippen LogP contribution in [0.5, 0.6) is 0 Å². The van der Waals surface area contributed by atoms with Crippen molar-refractivity contribution >= 4 is 40.0 Å². The molecule has 0 spiro atoms. The number of carbonyl (C=O) groups excluding carboxylic acids is 1. The molecule has 0 radical (unpaired) electrons. The van der Waals surface area contributed by atoms with Crippen LogP contribution >= 0.6 is 0 Å². The van der Waals surface area contributed by atoms with Crippen LogP contribution in [0.4, 0.5) is 15.8 Å². The lowest BCUT2D eigenvalue weighted by Gasteiger charge is -2.21. The summed E-state index contributed by atoms with van der Waals surface area (Å²) < 4.78 is 13.4. The first-order valence-electron chi connectivity index (χ1n) is 9.89. The topological polar surface area (TPSA) is 53.5 Å². The molecule has 0 saturated heterocycles. The fourth-order valence-corrected chi connectivity index (χ4v) is 3.60. The summed E-state index contributed by atoms with van der Waals surface area (Å²) in [5.74, 6) is -0.0592. The lowest BCUT2D eigenvalue weighted by molar-refractivity contribution is 0.0968. The van der Waals surface area contributed by atoms with Crippen molar-refractivity contribution in [3.8, 4) is 0 Å². The first-order chi connectivity index (χ1) is 15.2. The summed E-state index contributed by atoms with van der Waals surface area (Å²) in [6.45, 7) is 0. The molecule has 4 aromatic rings. The normalized spacial score (nSPS) is 12.8. The van der Waals surface area contributed by atoms with E-state index < -0.39 is 0 Å². The van der Waals surface area contributed by atoms with Gasteiger partial charge < -0.3 is 10.6 Å². The fourth-order valence-electron chi connectivity index (χ4n) is 3.60. The first-order valence-corrected chi connectivity index (χ1v) is 9.89. The lowest BCUT2D eigenvalue weighted by Crippen LogP contribution is -2.31. The average molecular weight is 407 g/mol. The summed E-state index contributed by atoms with van der Waals surface area (Å²) in [4.78, 5) is 17.7. The number of anilines is 1. The Hall–Kier alpha value is -4.25. The van der Waals surface area contributed by atoms with Crippen molar-refractivity contribution in [2.75, 3.05) is 5.32 Å². The fraction of sp³-hybridized carbons (Fsp3) is 0. The molecule has 5 heteroatoms. The van der Waals surface area contributed by atoms with Gasteiger partial charge in [0.2, 0.25) is 0 Å². The molecule has 0 saturated carbocycles. The van der Waals surface area contributed by atoms with Crippen LogP contribution in [0.3, 0.4) is 0 Å². The number of amides is 1. The van der Waals surface area contributed by atoms with Crippen molar-refractivity contribution in [1.29, 1.82) is 0 Å². The van der Waals surface area contributed by atoms with Crippen LogP contribution in [0, 0.1) is 5.82 Å². The molecule has 31 heavy (non-hydrogen) atoms. The minimum absolute atomic E-state index is 0.254. The highest BCUT2D eigenvalue weighted by atomic mass is 19.1. The van der Waals surface area contributed by atoms with Gasteiger partial charge in [0.15, 0.2) is 5.84 Å². The van der Waals surface area contributed by atoms with E-state index in [1.807, 2.05) is 54.6 Å². The molecule has 0 unspecified atom stereocenters. The molecular formula is C26H18FN3O. The third-order valence-electron chi connectivity index (χ3n) is 5.09. The number of nitrogens with zero attached hydrogens (tertiary/aromatic N) is 1. The Labute approximate surface area is 178 Å². The minimum atomic E-state index is -0.319. The monoisotopic (exact) mass is 407 g/mol. The molecule has 0 fully saturated rings. The first kappa shape index (κ1) is 18.8. The second-order valence-corrected chi connectivity index (χ2v) is 7.20. The van der Waals surface area contributed by atoms with Crippen molar-refractivity contribution in [3.05, 3.63) is 114 Å². The van der Waals surface area contributed by atoms with E-state index in [2.05, 4.69) is 10.6 Å². The van der Waals surface area contributed by atoms with Crippen LogP contribution in [0.2, 0.25) is 0 Å². The second kappa shape index (κ2) is 7.88. The van der Waals surface area contributed by atoms with Crippen molar-refractivity contribution in [2.45, 2.75) is 0 Å². The molecule has 0 atom stereocenters. The number of halogens is 1. The highest BCUT2D eigenvalue weighted by Crippen LogP contribution is 2.36. The highest BCUT2D eigenvalue weighted by Gasteiger charge is 2.19. The van der Waals surface area contributed by atoms with Gasteiger partial charge in [-0.15, -0.1) is 0 Å². The van der Waals surface area contributed by atoms with Gasteiger partial charge in [0.25, 0.3) is 5.91 Å². The van der Waals surface area contributed by atoms with Gasteiger partial charge in [-0.05, 0) is 53.4 Å². The summed E-state index contributed by atoms with van der Waals surface area (Å²) in [5.41, 5.74) is 3.50. The lowest BCUT2D eigenvalue weighted by atomic mass is 10.0. The van der Waals surface area contributed by atoms with Gasteiger partial charge in [0.1, 0.15) is 5.82 Å². The molecule has 5 rings (SSSR count). The summed E-state index contributed by atoms with van der Waals surface area (Å²) in [7, 11) is 0. The Balaban J connectivity index is 1.58. The number of benzene rings is 4. The predicted molar refractivity (Wildman–Crippen MR) is 123 cm³/mol. The number of hydrogen-bond acceptors (Lipinski definition) is 3.